The minimum atomic E-state index is -0.210. The molecule has 0 bridgehead atoms. The average Bonchev–Trinajstić information content (AvgIpc) is 2.58. The highest BCUT2D eigenvalue weighted by molar-refractivity contribution is 5.42. The van der Waals surface area contributed by atoms with Crippen LogP contribution in [0, 0.1) is 5.82 Å². The minimum Gasteiger partial charge on any atom is -0.378 e. The van der Waals surface area contributed by atoms with Gasteiger partial charge in [-0.15, -0.1) is 0 Å². The lowest BCUT2D eigenvalue weighted by Gasteiger charge is -2.27. The maximum Gasteiger partial charge on any atom is 0.224 e. The molecule has 5 nitrogen and oxygen atoms in total. The maximum absolute atomic E-state index is 12.8. The largest absolute Gasteiger partial charge is 0.378 e. The van der Waals surface area contributed by atoms with E-state index < -0.39 is 0 Å². The van der Waals surface area contributed by atoms with Crippen LogP contribution in [-0.4, -0.2) is 42.8 Å². The molecule has 3 rings (SSSR count). The van der Waals surface area contributed by atoms with Gasteiger partial charge in [0.05, 0.1) is 13.2 Å². The normalized spacial score (nSPS) is 14.9. The van der Waals surface area contributed by atoms with Gasteiger partial charge in [-0.2, -0.15) is 4.98 Å². The molecule has 0 amide bonds. The Morgan fingerprint density at radius 3 is 2.68 bits per heavy atom. The second-order valence-electron chi connectivity index (χ2n) is 5.14. The van der Waals surface area contributed by atoms with Gasteiger partial charge in [0.25, 0.3) is 0 Å². The number of ether oxygens (including phenoxy) is 1. The first-order chi connectivity index (χ1) is 10.8. The minimum absolute atomic E-state index is 0.210. The lowest BCUT2D eigenvalue weighted by molar-refractivity contribution is 0.122. The number of nitrogens with one attached hydrogen (secondary N) is 1. The second-order valence-corrected chi connectivity index (χ2v) is 5.14. The molecule has 2 heterocycles. The Balaban J connectivity index is 1.55. The van der Waals surface area contributed by atoms with E-state index in [-0.39, 0.29) is 5.82 Å². The van der Waals surface area contributed by atoms with Crippen molar-refractivity contribution in [2.45, 2.75) is 6.42 Å². The summed E-state index contributed by atoms with van der Waals surface area (Å²) in [6, 6.07) is 8.45. The summed E-state index contributed by atoms with van der Waals surface area (Å²) in [6.45, 7) is 3.88. The van der Waals surface area contributed by atoms with Crippen molar-refractivity contribution in [3.05, 3.63) is 47.9 Å². The van der Waals surface area contributed by atoms with Crippen molar-refractivity contribution < 1.29 is 9.13 Å². The fraction of sp³-hybridized carbons (Fsp3) is 0.375. The molecule has 0 atom stereocenters. The summed E-state index contributed by atoms with van der Waals surface area (Å²) in [5.41, 5.74) is 1.08. The monoisotopic (exact) mass is 302 g/mol. The first kappa shape index (κ1) is 14.7. The van der Waals surface area contributed by atoms with Gasteiger partial charge in [-0.25, -0.2) is 9.37 Å². The van der Waals surface area contributed by atoms with Crippen LogP contribution in [0.4, 0.5) is 16.2 Å². The average molecular weight is 302 g/mol. The number of aromatic nitrogens is 2. The maximum atomic E-state index is 12.8. The van der Waals surface area contributed by atoms with Gasteiger partial charge >= 0.3 is 0 Å². The molecule has 1 aromatic carbocycles. The second kappa shape index (κ2) is 7.17. The first-order valence-corrected chi connectivity index (χ1v) is 7.45. The Kier molecular flexibility index (Phi) is 4.80. The van der Waals surface area contributed by atoms with Gasteiger partial charge < -0.3 is 15.0 Å². The summed E-state index contributed by atoms with van der Waals surface area (Å²) in [5, 5.41) is 3.21. The summed E-state index contributed by atoms with van der Waals surface area (Å²) in [4.78, 5) is 11.0. The Morgan fingerprint density at radius 1 is 1.14 bits per heavy atom. The molecule has 0 spiro atoms. The van der Waals surface area contributed by atoms with Crippen molar-refractivity contribution >= 4 is 11.8 Å². The number of hydrogen-bond acceptors (Lipinski definition) is 5. The molecular weight excluding hydrogens is 283 g/mol. The van der Waals surface area contributed by atoms with Gasteiger partial charge in [-0.05, 0) is 30.2 Å². The SMILES string of the molecule is Fc1ccc(CCNc2nccc(N3CCOCC3)n2)cc1. The van der Waals surface area contributed by atoms with Crippen molar-refractivity contribution in [3.8, 4) is 0 Å². The van der Waals surface area contributed by atoms with E-state index >= 15 is 0 Å². The van der Waals surface area contributed by atoms with Crippen molar-refractivity contribution in [3.63, 3.8) is 0 Å². The third kappa shape index (κ3) is 3.92. The molecule has 1 fully saturated rings. The molecule has 22 heavy (non-hydrogen) atoms. The molecule has 0 saturated carbocycles. The summed E-state index contributed by atoms with van der Waals surface area (Å²) in [5.74, 6) is 1.33. The summed E-state index contributed by atoms with van der Waals surface area (Å²) < 4.78 is 18.2. The van der Waals surface area contributed by atoms with E-state index in [0.29, 0.717) is 12.5 Å². The number of halogens is 1. The van der Waals surface area contributed by atoms with E-state index in [0.717, 1.165) is 44.1 Å². The van der Waals surface area contributed by atoms with Crippen molar-refractivity contribution in [2.75, 3.05) is 43.1 Å². The molecule has 1 aliphatic heterocycles. The van der Waals surface area contributed by atoms with E-state index in [1.54, 1.807) is 18.3 Å². The molecule has 0 unspecified atom stereocenters. The van der Waals surface area contributed by atoms with Crippen LogP contribution in [-0.2, 0) is 11.2 Å². The highest BCUT2D eigenvalue weighted by atomic mass is 19.1. The molecule has 1 N–H and O–H groups in total. The van der Waals surface area contributed by atoms with E-state index in [9.17, 15) is 4.39 Å². The van der Waals surface area contributed by atoms with Gasteiger partial charge in [-0.1, -0.05) is 12.1 Å². The number of benzene rings is 1. The smallest absolute Gasteiger partial charge is 0.224 e. The van der Waals surface area contributed by atoms with Crippen LogP contribution >= 0.6 is 0 Å². The third-order valence-electron chi connectivity index (χ3n) is 3.59. The number of rotatable bonds is 5. The molecule has 2 aromatic rings. The van der Waals surface area contributed by atoms with Crippen LogP contribution < -0.4 is 10.2 Å². The van der Waals surface area contributed by atoms with E-state index in [1.165, 1.54) is 12.1 Å². The zero-order valence-electron chi connectivity index (χ0n) is 12.3. The van der Waals surface area contributed by atoms with Crippen LogP contribution in [0.3, 0.4) is 0 Å². The molecule has 6 heteroatoms. The number of morpholine rings is 1. The molecule has 0 aliphatic carbocycles. The third-order valence-corrected chi connectivity index (χ3v) is 3.59. The molecule has 0 radical (unpaired) electrons. The summed E-state index contributed by atoms with van der Waals surface area (Å²) in [7, 11) is 0. The van der Waals surface area contributed by atoms with Gasteiger partial charge in [0.2, 0.25) is 5.95 Å². The molecule has 1 aromatic heterocycles. The molecule has 1 aliphatic rings. The van der Waals surface area contributed by atoms with Crippen LogP contribution in [0.5, 0.6) is 0 Å². The van der Waals surface area contributed by atoms with Gasteiger partial charge in [0.1, 0.15) is 11.6 Å². The fourth-order valence-electron chi connectivity index (χ4n) is 2.37. The van der Waals surface area contributed by atoms with Gasteiger partial charge in [-0.3, -0.25) is 0 Å². The van der Waals surface area contributed by atoms with Gasteiger partial charge in [0, 0.05) is 25.8 Å². The van der Waals surface area contributed by atoms with Crippen LogP contribution in [0.15, 0.2) is 36.5 Å². The Hall–Kier alpha value is -2.21. The van der Waals surface area contributed by atoms with Crippen LogP contribution in [0.25, 0.3) is 0 Å². The van der Waals surface area contributed by atoms with Crippen LogP contribution in [0.1, 0.15) is 5.56 Å². The first-order valence-electron chi connectivity index (χ1n) is 7.45. The fourth-order valence-corrected chi connectivity index (χ4v) is 2.37. The lowest BCUT2D eigenvalue weighted by Crippen LogP contribution is -2.36. The number of hydrogen-bond donors (Lipinski definition) is 1. The highest BCUT2D eigenvalue weighted by Gasteiger charge is 2.12. The number of nitrogens with zero attached hydrogens (tertiary/aromatic N) is 3. The Bertz CT molecular complexity index is 599. The summed E-state index contributed by atoms with van der Waals surface area (Å²) in [6.07, 6.45) is 2.56. The van der Waals surface area contributed by atoms with E-state index in [4.69, 9.17) is 4.74 Å². The number of anilines is 2. The van der Waals surface area contributed by atoms with E-state index in [1.807, 2.05) is 6.07 Å². The van der Waals surface area contributed by atoms with Crippen molar-refractivity contribution in [1.29, 1.82) is 0 Å². The zero-order valence-corrected chi connectivity index (χ0v) is 12.3. The van der Waals surface area contributed by atoms with E-state index in [2.05, 4.69) is 20.2 Å². The topological polar surface area (TPSA) is 50.3 Å². The van der Waals surface area contributed by atoms with Crippen LogP contribution in [0.2, 0.25) is 0 Å². The van der Waals surface area contributed by atoms with Crippen molar-refractivity contribution in [1.82, 2.24) is 9.97 Å². The molecule has 1 saturated heterocycles. The standard InChI is InChI=1S/C16H19FN4O/c17-14-3-1-13(2-4-14)5-7-18-16-19-8-6-15(20-16)21-9-11-22-12-10-21/h1-4,6,8H,5,7,9-12H2,(H,18,19,20). The zero-order chi connectivity index (χ0) is 15.2. The molecular formula is C16H19FN4O. The Morgan fingerprint density at radius 2 is 1.91 bits per heavy atom. The quantitative estimate of drug-likeness (QED) is 0.916. The lowest BCUT2D eigenvalue weighted by atomic mass is 10.1. The molecule has 116 valence electrons. The highest BCUT2D eigenvalue weighted by Crippen LogP contribution is 2.13. The van der Waals surface area contributed by atoms with Crippen molar-refractivity contribution in [2.24, 2.45) is 0 Å². The predicted octanol–water partition coefficient (Wildman–Crippen LogP) is 2.11. The predicted molar refractivity (Wildman–Crippen MR) is 83.7 cm³/mol. The van der Waals surface area contributed by atoms with Gasteiger partial charge in [0.15, 0.2) is 0 Å². The Labute approximate surface area is 129 Å². The summed E-state index contributed by atoms with van der Waals surface area (Å²) >= 11 is 0.